The lowest BCUT2D eigenvalue weighted by atomic mass is 10.1. The predicted octanol–water partition coefficient (Wildman–Crippen LogP) is 3.92. The zero-order valence-electron chi connectivity index (χ0n) is 9.05. The molecule has 0 aliphatic heterocycles. The molecule has 0 aliphatic rings. The SMILES string of the molecule is CCC(CC)Nc1ccc(C#N)cc1Br. The van der Waals surface area contributed by atoms with Crippen molar-refractivity contribution in [3.05, 3.63) is 28.2 Å². The lowest BCUT2D eigenvalue weighted by Crippen LogP contribution is -2.17. The number of rotatable bonds is 4. The molecule has 3 heteroatoms. The number of halogens is 1. The largest absolute Gasteiger partial charge is 0.381 e. The molecule has 0 saturated carbocycles. The minimum Gasteiger partial charge on any atom is -0.381 e. The van der Waals surface area contributed by atoms with Crippen molar-refractivity contribution in [2.45, 2.75) is 32.7 Å². The van der Waals surface area contributed by atoms with Crippen molar-refractivity contribution in [1.29, 1.82) is 5.26 Å². The summed E-state index contributed by atoms with van der Waals surface area (Å²) in [6, 6.07) is 8.23. The molecule has 1 rings (SSSR count). The Morgan fingerprint density at radius 3 is 2.53 bits per heavy atom. The first-order valence-corrected chi connectivity index (χ1v) is 5.96. The van der Waals surface area contributed by atoms with Crippen molar-refractivity contribution in [3.63, 3.8) is 0 Å². The minimum absolute atomic E-state index is 0.495. The van der Waals surface area contributed by atoms with Gasteiger partial charge in [0.05, 0.1) is 11.6 Å². The molecule has 0 aliphatic carbocycles. The van der Waals surface area contributed by atoms with Crippen LogP contribution in [0.2, 0.25) is 0 Å². The summed E-state index contributed by atoms with van der Waals surface area (Å²) in [5.41, 5.74) is 1.74. The molecule has 80 valence electrons. The Hall–Kier alpha value is -1.01. The van der Waals surface area contributed by atoms with Gasteiger partial charge in [0.1, 0.15) is 0 Å². The number of nitriles is 1. The fourth-order valence-electron chi connectivity index (χ4n) is 1.41. The fourth-order valence-corrected chi connectivity index (χ4v) is 1.91. The second-order valence-electron chi connectivity index (χ2n) is 3.46. The Morgan fingerprint density at radius 1 is 1.40 bits per heavy atom. The topological polar surface area (TPSA) is 35.8 Å². The van der Waals surface area contributed by atoms with Crippen LogP contribution in [0.4, 0.5) is 5.69 Å². The summed E-state index contributed by atoms with van der Waals surface area (Å²) < 4.78 is 0.952. The van der Waals surface area contributed by atoms with E-state index in [1.54, 1.807) is 0 Å². The van der Waals surface area contributed by atoms with Gasteiger partial charge in [0.25, 0.3) is 0 Å². The highest BCUT2D eigenvalue weighted by Gasteiger charge is 2.06. The van der Waals surface area contributed by atoms with Gasteiger partial charge in [-0.25, -0.2) is 0 Å². The zero-order valence-corrected chi connectivity index (χ0v) is 10.6. The van der Waals surface area contributed by atoms with Gasteiger partial charge in [-0.05, 0) is 47.0 Å². The summed E-state index contributed by atoms with van der Waals surface area (Å²) in [6.45, 7) is 4.33. The van der Waals surface area contributed by atoms with E-state index in [0.29, 0.717) is 11.6 Å². The zero-order chi connectivity index (χ0) is 11.3. The highest BCUT2D eigenvalue weighted by molar-refractivity contribution is 9.10. The van der Waals surface area contributed by atoms with Crippen molar-refractivity contribution in [2.75, 3.05) is 5.32 Å². The van der Waals surface area contributed by atoms with Gasteiger partial charge in [-0.2, -0.15) is 5.26 Å². The van der Waals surface area contributed by atoms with Crippen LogP contribution in [0.25, 0.3) is 0 Å². The van der Waals surface area contributed by atoms with Crippen molar-refractivity contribution in [2.24, 2.45) is 0 Å². The van der Waals surface area contributed by atoms with Crippen LogP contribution in [0.5, 0.6) is 0 Å². The van der Waals surface area contributed by atoms with Crippen LogP contribution < -0.4 is 5.32 Å². The number of nitrogens with one attached hydrogen (secondary N) is 1. The summed E-state index contributed by atoms with van der Waals surface area (Å²) in [5.74, 6) is 0. The first-order chi connectivity index (χ1) is 7.21. The van der Waals surface area contributed by atoms with Gasteiger partial charge in [-0.1, -0.05) is 13.8 Å². The second kappa shape index (κ2) is 5.77. The molecule has 0 radical (unpaired) electrons. The third kappa shape index (κ3) is 3.24. The molecule has 1 aromatic rings. The Balaban J connectivity index is 2.83. The van der Waals surface area contributed by atoms with Gasteiger partial charge >= 0.3 is 0 Å². The summed E-state index contributed by atoms with van der Waals surface area (Å²) >= 11 is 3.46. The van der Waals surface area contributed by atoms with Gasteiger partial charge in [-0.3, -0.25) is 0 Å². The molecule has 0 heterocycles. The predicted molar refractivity (Wildman–Crippen MR) is 66.8 cm³/mol. The molecule has 0 amide bonds. The van der Waals surface area contributed by atoms with Crippen molar-refractivity contribution < 1.29 is 0 Å². The van der Waals surface area contributed by atoms with Crippen LogP contribution in [0, 0.1) is 11.3 Å². The van der Waals surface area contributed by atoms with E-state index in [4.69, 9.17) is 5.26 Å². The maximum atomic E-state index is 8.74. The molecule has 0 saturated heterocycles. The molecule has 0 fully saturated rings. The van der Waals surface area contributed by atoms with E-state index >= 15 is 0 Å². The maximum Gasteiger partial charge on any atom is 0.0992 e. The summed E-state index contributed by atoms with van der Waals surface area (Å²) in [6.07, 6.45) is 2.20. The normalized spacial score (nSPS) is 10.1. The molecule has 0 bridgehead atoms. The molecule has 0 aromatic heterocycles. The van der Waals surface area contributed by atoms with Crippen LogP contribution in [-0.2, 0) is 0 Å². The van der Waals surface area contributed by atoms with Crippen molar-refractivity contribution in [3.8, 4) is 6.07 Å². The van der Waals surface area contributed by atoms with Gasteiger partial charge < -0.3 is 5.32 Å². The molecule has 0 unspecified atom stereocenters. The van der Waals surface area contributed by atoms with E-state index in [1.807, 2.05) is 18.2 Å². The molecule has 0 atom stereocenters. The standard InChI is InChI=1S/C12H15BrN2/c1-3-10(4-2)15-12-6-5-9(8-14)7-11(12)13/h5-7,10,15H,3-4H2,1-2H3. The minimum atomic E-state index is 0.495. The van der Waals surface area contributed by atoms with E-state index in [9.17, 15) is 0 Å². The Bertz CT molecular complexity index is 364. The fraction of sp³-hybridized carbons (Fsp3) is 0.417. The lowest BCUT2D eigenvalue weighted by molar-refractivity contribution is 0.671. The van der Waals surface area contributed by atoms with E-state index < -0.39 is 0 Å². The van der Waals surface area contributed by atoms with Gasteiger partial charge in [0.2, 0.25) is 0 Å². The van der Waals surface area contributed by atoms with E-state index in [1.165, 1.54) is 0 Å². The molecular weight excluding hydrogens is 252 g/mol. The van der Waals surface area contributed by atoms with Crippen molar-refractivity contribution in [1.82, 2.24) is 0 Å². The van der Waals surface area contributed by atoms with Crippen LogP contribution in [0.3, 0.4) is 0 Å². The molecule has 0 spiro atoms. The first kappa shape index (κ1) is 12.1. The smallest absolute Gasteiger partial charge is 0.0992 e. The maximum absolute atomic E-state index is 8.74. The highest BCUT2D eigenvalue weighted by Crippen LogP contribution is 2.24. The number of benzene rings is 1. The lowest BCUT2D eigenvalue weighted by Gasteiger charge is -2.17. The third-order valence-electron chi connectivity index (χ3n) is 2.44. The second-order valence-corrected chi connectivity index (χ2v) is 4.32. The van der Waals surface area contributed by atoms with E-state index in [-0.39, 0.29) is 0 Å². The summed E-state index contributed by atoms with van der Waals surface area (Å²) in [7, 11) is 0. The Morgan fingerprint density at radius 2 is 2.07 bits per heavy atom. The first-order valence-electron chi connectivity index (χ1n) is 5.17. The molecule has 2 nitrogen and oxygen atoms in total. The van der Waals surface area contributed by atoms with Crippen LogP contribution in [-0.4, -0.2) is 6.04 Å². The molecule has 15 heavy (non-hydrogen) atoms. The highest BCUT2D eigenvalue weighted by atomic mass is 79.9. The van der Waals surface area contributed by atoms with Gasteiger partial charge in [-0.15, -0.1) is 0 Å². The number of hydrogen-bond acceptors (Lipinski definition) is 2. The van der Waals surface area contributed by atoms with Crippen LogP contribution >= 0.6 is 15.9 Å². The average molecular weight is 267 g/mol. The number of anilines is 1. The number of hydrogen-bond donors (Lipinski definition) is 1. The Labute approximate surface area is 99.4 Å². The van der Waals surface area contributed by atoms with E-state index in [2.05, 4.69) is 41.2 Å². The Kier molecular flexibility index (Phi) is 4.64. The van der Waals surface area contributed by atoms with Gasteiger partial charge in [0.15, 0.2) is 0 Å². The summed E-state index contributed by atoms with van der Waals surface area (Å²) in [4.78, 5) is 0. The van der Waals surface area contributed by atoms with E-state index in [0.717, 1.165) is 23.0 Å². The van der Waals surface area contributed by atoms with Crippen molar-refractivity contribution >= 4 is 21.6 Å². The third-order valence-corrected chi connectivity index (χ3v) is 3.10. The molecular formula is C12H15BrN2. The monoisotopic (exact) mass is 266 g/mol. The summed E-state index contributed by atoms with van der Waals surface area (Å²) in [5, 5.41) is 12.2. The van der Waals surface area contributed by atoms with Gasteiger partial charge in [0, 0.05) is 16.2 Å². The number of nitrogens with zero attached hydrogens (tertiary/aromatic N) is 1. The molecule has 1 aromatic carbocycles. The molecule has 1 N–H and O–H groups in total. The average Bonchev–Trinajstić information content (AvgIpc) is 2.27. The van der Waals surface area contributed by atoms with Crippen LogP contribution in [0.15, 0.2) is 22.7 Å². The van der Waals surface area contributed by atoms with Crippen LogP contribution in [0.1, 0.15) is 32.3 Å². The quantitative estimate of drug-likeness (QED) is 0.897.